The van der Waals surface area contributed by atoms with E-state index in [0.29, 0.717) is 6.04 Å². The Morgan fingerprint density at radius 3 is 2.80 bits per heavy atom. The van der Waals surface area contributed by atoms with Crippen molar-refractivity contribution in [2.45, 2.75) is 50.6 Å². The van der Waals surface area contributed by atoms with Crippen LogP contribution in [0, 0.1) is 11.3 Å². The normalized spacial score (nSPS) is 39.3. The van der Waals surface area contributed by atoms with E-state index in [1.807, 2.05) is 4.90 Å². The van der Waals surface area contributed by atoms with Crippen molar-refractivity contribution in [2.75, 3.05) is 19.8 Å². The molecule has 1 spiro atoms. The maximum atomic E-state index is 12.7. The molecular formula is C15H22N2O3. The Morgan fingerprint density at radius 1 is 1.25 bits per heavy atom. The van der Waals surface area contributed by atoms with E-state index < -0.39 is 0 Å². The van der Waals surface area contributed by atoms with Gasteiger partial charge in [-0.2, -0.15) is 0 Å². The molecule has 2 saturated heterocycles. The Kier molecular flexibility index (Phi) is 2.81. The molecule has 2 aliphatic heterocycles. The van der Waals surface area contributed by atoms with Crippen LogP contribution in [0.2, 0.25) is 0 Å². The van der Waals surface area contributed by atoms with Crippen LogP contribution in [-0.2, 0) is 14.3 Å². The predicted octanol–water partition coefficient (Wildman–Crippen LogP) is 0.683. The van der Waals surface area contributed by atoms with Gasteiger partial charge in [-0.15, -0.1) is 0 Å². The van der Waals surface area contributed by atoms with Gasteiger partial charge in [0.1, 0.15) is 6.04 Å². The highest BCUT2D eigenvalue weighted by atomic mass is 16.5. The molecule has 5 heteroatoms. The summed E-state index contributed by atoms with van der Waals surface area (Å²) in [4.78, 5) is 26.8. The first-order valence-electron chi connectivity index (χ1n) is 7.88. The number of nitrogens with zero attached hydrogens (tertiary/aromatic N) is 1. The molecule has 0 bridgehead atoms. The van der Waals surface area contributed by atoms with E-state index >= 15 is 0 Å². The van der Waals surface area contributed by atoms with E-state index in [-0.39, 0.29) is 29.2 Å². The molecule has 0 aromatic heterocycles. The van der Waals surface area contributed by atoms with Gasteiger partial charge in [0.25, 0.3) is 0 Å². The standard InChI is InChI=1S/C15H22N2O3/c18-13(16-10-3-4-10)12-2-1-6-17(12)14(19)11-8-15(11)5-7-20-9-15/h10-12H,1-9H2,(H,16,18). The van der Waals surface area contributed by atoms with Gasteiger partial charge in [0, 0.05) is 30.5 Å². The second-order valence-corrected chi connectivity index (χ2v) is 6.89. The van der Waals surface area contributed by atoms with Crippen molar-refractivity contribution in [3.63, 3.8) is 0 Å². The van der Waals surface area contributed by atoms with Gasteiger partial charge < -0.3 is 15.0 Å². The van der Waals surface area contributed by atoms with Gasteiger partial charge in [0.2, 0.25) is 11.8 Å². The van der Waals surface area contributed by atoms with Crippen molar-refractivity contribution < 1.29 is 14.3 Å². The summed E-state index contributed by atoms with van der Waals surface area (Å²) in [5, 5.41) is 3.04. The minimum Gasteiger partial charge on any atom is -0.381 e. The molecule has 5 nitrogen and oxygen atoms in total. The average Bonchev–Trinajstić information content (AvgIpc) is 3.23. The molecule has 110 valence electrons. The van der Waals surface area contributed by atoms with Crippen LogP contribution in [0.1, 0.15) is 38.5 Å². The summed E-state index contributed by atoms with van der Waals surface area (Å²) >= 11 is 0. The maximum Gasteiger partial charge on any atom is 0.243 e. The van der Waals surface area contributed by atoms with Crippen LogP contribution in [0.5, 0.6) is 0 Å². The molecule has 2 heterocycles. The zero-order valence-corrected chi connectivity index (χ0v) is 11.8. The number of amides is 2. The zero-order chi connectivity index (χ0) is 13.7. The van der Waals surface area contributed by atoms with E-state index in [2.05, 4.69) is 5.32 Å². The highest BCUT2D eigenvalue weighted by Crippen LogP contribution is 2.58. The summed E-state index contributed by atoms with van der Waals surface area (Å²) in [6.07, 6.45) is 5.92. The fourth-order valence-corrected chi connectivity index (χ4v) is 3.78. The fraction of sp³-hybridized carbons (Fsp3) is 0.867. The zero-order valence-electron chi connectivity index (χ0n) is 11.8. The van der Waals surface area contributed by atoms with Crippen molar-refractivity contribution in [3.8, 4) is 0 Å². The fourth-order valence-electron chi connectivity index (χ4n) is 3.78. The summed E-state index contributed by atoms with van der Waals surface area (Å²) in [6, 6.07) is 0.152. The molecule has 2 amide bonds. The monoisotopic (exact) mass is 278 g/mol. The largest absolute Gasteiger partial charge is 0.381 e. The van der Waals surface area contributed by atoms with Crippen molar-refractivity contribution in [1.82, 2.24) is 10.2 Å². The smallest absolute Gasteiger partial charge is 0.243 e. The molecule has 0 aromatic carbocycles. The van der Waals surface area contributed by atoms with Crippen LogP contribution in [0.25, 0.3) is 0 Å². The van der Waals surface area contributed by atoms with Crippen LogP contribution in [0.4, 0.5) is 0 Å². The second-order valence-electron chi connectivity index (χ2n) is 6.89. The predicted molar refractivity (Wildman–Crippen MR) is 71.9 cm³/mol. The van der Waals surface area contributed by atoms with Gasteiger partial charge in [0.05, 0.1) is 6.61 Å². The number of hydrogen-bond acceptors (Lipinski definition) is 3. The lowest BCUT2D eigenvalue weighted by atomic mass is 10.0. The maximum absolute atomic E-state index is 12.7. The highest BCUT2D eigenvalue weighted by Gasteiger charge is 2.61. The van der Waals surface area contributed by atoms with Crippen LogP contribution in [-0.4, -0.2) is 48.6 Å². The van der Waals surface area contributed by atoms with E-state index in [0.717, 1.165) is 58.3 Å². The Labute approximate surface area is 119 Å². The van der Waals surface area contributed by atoms with Crippen molar-refractivity contribution >= 4 is 11.8 Å². The Balaban J connectivity index is 1.41. The first-order valence-corrected chi connectivity index (χ1v) is 7.88. The third-order valence-electron chi connectivity index (χ3n) is 5.38. The SMILES string of the molecule is O=C(NC1CC1)C1CCCN1C(=O)C1CC12CCOC2. The van der Waals surface area contributed by atoms with Gasteiger partial charge in [-0.1, -0.05) is 0 Å². The molecule has 1 N–H and O–H groups in total. The van der Waals surface area contributed by atoms with Gasteiger partial charge in [-0.25, -0.2) is 0 Å². The lowest BCUT2D eigenvalue weighted by molar-refractivity contribution is -0.140. The molecule has 2 saturated carbocycles. The molecule has 3 unspecified atom stereocenters. The third-order valence-corrected chi connectivity index (χ3v) is 5.38. The molecular weight excluding hydrogens is 256 g/mol. The van der Waals surface area contributed by atoms with Gasteiger partial charge >= 0.3 is 0 Å². The van der Waals surface area contributed by atoms with Crippen LogP contribution in [0.15, 0.2) is 0 Å². The molecule has 0 radical (unpaired) electrons. The molecule has 4 rings (SSSR count). The number of rotatable bonds is 3. The van der Waals surface area contributed by atoms with Crippen LogP contribution in [0.3, 0.4) is 0 Å². The molecule has 4 fully saturated rings. The molecule has 3 atom stereocenters. The number of nitrogens with one attached hydrogen (secondary N) is 1. The number of carbonyl (C=O) groups excluding carboxylic acids is 2. The van der Waals surface area contributed by atoms with Gasteiger partial charge in [-0.05, 0) is 38.5 Å². The minimum atomic E-state index is -0.219. The lowest BCUT2D eigenvalue weighted by Gasteiger charge is -2.25. The first-order chi connectivity index (χ1) is 9.70. The molecule has 4 aliphatic rings. The topological polar surface area (TPSA) is 58.6 Å². The van der Waals surface area contributed by atoms with E-state index in [1.165, 1.54) is 0 Å². The lowest BCUT2D eigenvalue weighted by Crippen LogP contribution is -2.47. The van der Waals surface area contributed by atoms with Crippen molar-refractivity contribution in [3.05, 3.63) is 0 Å². The first kappa shape index (κ1) is 12.6. The Hall–Kier alpha value is -1.10. The van der Waals surface area contributed by atoms with Crippen molar-refractivity contribution in [2.24, 2.45) is 11.3 Å². The summed E-state index contributed by atoms with van der Waals surface area (Å²) in [5.74, 6) is 0.374. The Bertz CT molecular complexity index is 440. The van der Waals surface area contributed by atoms with E-state index in [9.17, 15) is 9.59 Å². The number of likely N-dealkylation sites (tertiary alicyclic amines) is 1. The molecule has 2 aliphatic carbocycles. The molecule has 0 aromatic rings. The minimum absolute atomic E-state index is 0.0655. The summed E-state index contributed by atoms with van der Waals surface area (Å²) < 4.78 is 5.45. The number of ether oxygens (including phenoxy) is 1. The van der Waals surface area contributed by atoms with Crippen LogP contribution < -0.4 is 5.32 Å². The third kappa shape index (κ3) is 2.03. The van der Waals surface area contributed by atoms with Crippen LogP contribution >= 0.6 is 0 Å². The molecule has 20 heavy (non-hydrogen) atoms. The van der Waals surface area contributed by atoms with E-state index in [4.69, 9.17) is 4.74 Å². The van der Waals surface area contributed by atoms with Gasteiger partial charge in [0.15, 0.2) is 0 Å². The Morgan fingerprint density at radius 2 is 2.10 bits per heavy atom. The quantitative estimate of drug-likeness (QED) is 0.826. The number of carbonyl (C=O) groups is 2. The van der Waals surface area contributed by atoms with Crippen molar-refractivity contribution in [1.29, 1.82) is 0 Å². The summed E-state index contributed by atoms with van der Waals surface area (Å²) in [7, 11) is 0. The van der Waals surface area contributed by atoms with Gasteiger partial charge in [-0.3, -0.25) is 9.59 Å². The summed E-state index contributed by atoms with van der Waals surface area (Å²) in [5.41, 5.74) is 0.122. The average molecular weight is 278 g/mol. The number of hydrogen-bond donors (Lipinski definition) is 1. The highest BCUT2D eigenvalue weighted by molar-refractivity contribution is 5.91. The van der Waals surface area contributed by atoms with E-state index in [1.54, 1.807) is 0 Å². The summed E-state index contributed by atoms with van der Waals surface area (Å²) in [6.45, 7) is 2.26. The second kappa shape index (κ2) is 4.45.